The van der Waals surface area contributed by atoms with Crippen LogP contribution >= 0.6 is 15.9 Å². The summed E-state index contributed by atoms with van der Waals surface area (Å²) in [4.78, 5) is 27.8. The Morgan fingerprint density at radius 3 is 2.21 bits per heavy atom. The van der Waals surface area contributed by atoms with Crippen molar-refractivity contribution in [2.75, 3.05) is 23.7 Å². The lowest BCUT2D eigenvalue weighted by Gasteiger charge is -2.32. The van der Waals surface area contributed by atoms with Crippen molar-refractivity contribution in [2.24, 2.45) is 5.92 Å². The largest absolute Gasteiger partial charge is 0.354 e. The lowest BCUT2D eigenvalue weighted by atomic mass is 10.1. The molecule has 1 N–H and O–H groups in total. The molecule has 0 saturated heterocycles. The van der Waals surface area contributed by atoms with Crippen LogP contribution in [-0.4, -0.2) is 50.5 Å². The summed E-state index contributed by atoms with van der Waals surface area (Å²) in [6.45, 7) is 7.85. The Morgan fingerprint density at radius 2 is 1.65 bits per heavy atom. The molecule has 0 aliphatic heterocycles. The third kappa shape index (κ3) is 7.84. The van der Waals surface area contributed by atoms with Gasteiger partial charge in [0.05, 0.1) is 11.9 Å². The van der Waals surface area contributed by atoms with Gasteiger partial charge in [-0.15, -0.1) is 0 Å². The van der Waals surface area contributed by atoms with Crippen molar-refractivity contribution in [2.45, 2.75) is 46.7 Å². The van der Waals surface area contributed by atoms with E-state index in [1.165, 1.54) is 4.90 Å². The number of rotatable bonds is 11. The molecule has 2 aromatic carbocycles. The zero-order valence-corrected chi connectivity index (χ0v) is 22.8. The van der Waals surface area contributed by atoms with E-state index in [0.717, 1.165) is 26.2 Å². The summed E-state index contributed by atoms with van der Waals surface area (Å²) in [5.74, 6) is -0.469. The number of amides is 2. The number of benzene rings is 2. The number of hydrogen-bond donors (Lipinski definition) is 1. The van der Waals surface area contributed by atoms with Gasteiger partial charge < -0.3 is 10.2 Å². The van der Waals surface area contributed by atoms with Crippen molar-refractivity contribution >= 4 is 43.5 Å². The van der Waals surface area contributed by atoms with Crippen LogP contribution in [0.15, 0.2) is 53.0 Å². The second-order valence-corrected chi connectivity index (χ2v) is 11.5. The predicted octanol–water partition coefficient (Wildman–Crippen LogP) is 3.97. The van der Waals surface area contributed by atoms with E-state index < -0.39 is 28.5 Å². The van der Waals surface area contributed by atoms with Gasteiger partial charge in [-0.25, -0.2) is 8.42 Å². The molecule has 9 heteroatoms. The van der Waals surface area contributed by atoms with Crippen molar-refractivity contribution in [1.29, 1.82) is 0 Å². The van der Waals surface area contributed by atoms with E-state index in [1.807, 2.05) is 57.2 Å². The Hall–Kier alpha value is -2.39. The van der Waals surface area contributed by atoms with E-state index >= 15 is 0 Å². The third-order valence-corrected chi connectivity index (χ3v) is 7.09. The van der Waals surface area contributed by atoms with Crippen molar-refractivity contribution < 1.29 is 18.0 Å². The first-order chi connectivity index (χ1) is 15.9. The summed E-state index contributed by atoms with van der Waals surface area (Å²) < 4.78 is 27.4. The molecule has 1 atom stereocenters. The third-order valence-electron chi connectivity index (χ3n) is 5.44. The average molecular weight is 553 g/mol. The molecule has 2 amide bonds. The Kier molecular flexibility index (Phi) is 10.1. The minimum Gasteiger partial charge on any atom is -0.354 e. The van der Waals surface area contributed by atoms with Gasteiger partial charge in [0.2, 0.25) is 21.8 Å². The molecule has 0 spiro atoms. The number of nitrogens with zero attached hydrogens (tertiary/aromatic N) is 2. The molecule has 0 aliphatic rings. The van der Waals surface area contributed by atoms with Crippen molar-refractivity contribution in [3.8, 4) is 0 Å². The highest BCUT2D eigenvalue weighted by molar-refractivity contribution is 9.10. The van der Waals surface area contributed by atoms with E-state index in [2.05, 4.69) is 21.2 Å². The summed E-state index contributed by atoms with van der Waals surface area (Å²) in [5, 5.41) is 2.87. The fraction of sp³-hybridized carbons (Fsp3) is 0.440. The maximum atomic E-state index is 13.6. The lowest BCUT2D eigenvalue weighted by Crippen LogP contribution is -2.51. The van der Waals surface area contributed by atoms with Gasteiger partial charge in [0.25, 0.3) is 0 Å². The molecule has 0 radical (unpaired) electrons. The van der Waals surface area contributed by atoms with Gasteiger partial charge in [-0.3, -0.25) is 13.9 Å². The molecular weight excluding hydrogens is 518 g/mol. The van der Waals surface area contributed by atoms with E-state index in [-0.39, 0.29) is 18.4 Å². The van der Waals surface area contributed by atoms with E-state index in [0.29, 0.717) is 18.7 Å². The van der Waals surface area contributed by atoms with Crippen LogP contribution in [0, 0.1) is 5.92 Å². The first kappa shape index (κ1) is 27.9. The molecule has 0 fully saturated rings. The molecule has 0 saturated carbocycles. The fourth-order valence-corrected chi connectivity index (χ4v) is 4.61. The molecule has 186 valence electrons. The molecule has 0 bridgehead atoms. The zero-order chi connectivity index (χ0) is 25.5. The number of sulfonamides is 1. The summed E-state index contributed by atoms with van der Waals surface area (Å²) in [5.41, 5.74) is 2.13. The van der Waals surface area contributed by atoms with E-state index in [9.17, 15) is 18.0 Å². The number of anilines is 1. The minimum absolute atomic E-state index is 0.176. The van der Waals surface area contributed by atoms with Crippen LogP contribution < -0.4 is 9.62 Å². The van der Waals surface area contributed by atoms with E-state index in [4.69, 9.17) is 0 Å². The van der Waals surface area contributed by atoms with Crippen LogP contribution in [0.5, 0.6) is 0 Å². The smallest absolute Gasteiger partial charge is 0.244 e. The molecule has 0 aromatic heterocycles. The standard InChI is InChI=1S/C25H34BrN3O4S/c1-6-21-9-7-8-10-23(21)29(34(5,32)33)17-24(30)28(16-20-11-13-22(26)14-12-20)19(4)25(31)27-15-18(2)3/h7-14,18-19H,6,15-17H2,1-5H3,(H,27,31). The van der Waals surface area contributed by atoms with Gasteiger partial charge in [-0.2, -0.15) is 0 Å². The second-order valence-electron chi connectivity index (χ2n) is 8.71. The van der Waals surface area contributed by atoms with Crippen LogP contribution in [0.25, 0.3) is 0 Å². The SMILES string of the molecule is CCc1ccccc1N(CC(=O)N(Cc1ccc(Br)cc1)C(C)C(=O)NCC(C)C)S(C)(=O)=O. The lowest BCUT2D eigenvalue weighted by molar-refractivity contribution is -0.139. The maximum Gasteiger partial charge on any atom is 0.244 e. The Bertz CT molecular complexity index is 1090. The first-order valence-corrected chi connectivity index (χ1v) is 13.9. The van der Waals surface area contributed by atoms with Crippen LogP contribution in [0.1, 0.15) is 38.8 Å². The van der Waals surface area contributed by atoms with Gasteiger partial charge in [0, 0.05) is 17.6 Å². The highest BCUT2D eigenvalue weighted by Crippen LogP contribution is 2.24. The molecule has 1 unspecified atom stereocenters. The summed E-state index contributed by atoms with van der Waals surface area (Å²) in [6, 6.07) is 13.8. The van der Waals surface area contributed by atoms with Crippen molar-refractivity contribution in [3.63, 3.8) is 0 Å². The number of para-hydroxylation sites is 1. The van der Waals surface area contributed by atoms with Gasteiger partial charge in [-0.05, 0) is 48.6 Å². The quantitative estimate of drug-likeness (QED) is 0.457. The fourth-order valence-electron chi connectivity index (χ4n) is 3.47. The van der Waals surface area contributed by atoms with E-state index in [1.54, 1.807) is 19.1 Å². The van der Waals surface area contributed by atoms with Crippen LogP contribution in [0.2, 0.25) is 0 Å². The molecule has 34 heavy (non-hydrogen) atoms. The molecule has 0 heterocycles. The number of carbonyl (C=O) groups excluding carboxylic acids is 2. The average Bonchev–Trinajstić information content (AvgIpc) is 2.79. The number of halogens is 1. The zero-order valence-electron chi connectivity index (χ0n) is 20.4. The van der Waals surface area contributed by atoms with Gasteiger partial charge >= 0.3 is 0 Å². The topological polar surface area (TPSA) is 86.8 Å². The van der Waals surface area contributed by atoms with Crippen LogP contribution in [-0.2, 0) is 32.6 Å². The summed E-state index contributed by atoms with van der Waals surface area (Å²) in [7, 11) is -3.75. The molecule has 0 aliphatic carbocycles. The predicted molar refractivity (Wildman–Crippen MR) is 140 cm³/mol. The monoisotopic (exact) mass is 551 g/mol. The number of carbonyl (C=O) groups is 2. The Labute approximate surface area is 211 Å². The molecule has 7 nitrogen and oxygen atoms in total. The van der Waals surface area contributed by atoms with Gasteiger partial charge in [0.1, 0.15) is 12.6 Å². The van der Waals surface area contributed by atoms with Gasteiger partial charge in [-0.1, -0.05) is 67.0 Å². The van der Waals surface area contributed by atoms with Crippen molar-refractivity contribution in [3.05, 3.63) is 64.1 Å². The Morgan fingerprint density at radius 1 is 1.03 bits per heavy atom. The summed E-state index contributed by atoms with van der Waals surface area (Å²) in [6.07, 6.45) is 1.71. The molecule has 2 aromatic rings. The van der Waals surface area contributed by atoms with Crippen LogP contribution in [0.4, 0.5) is 5.69 Å². The Balaban J connectivity index is 2.39. The number of aryl methyl sites for hydroxylation is 1. The molecule has 2 rings (SSSR count). The minimum atomic E-state index is -3.75. The highest BCUT2D eigenvalue weighted by atomic mass is 79.9. The van der Waals surface area contributed by atoms with Crippen LogP contribution in [0.3, 0.4) is 0 Å². The number of nitrogens with one attached hydrogen (secondary N) is 1. The second kappa shape index (κ2) is 12.4. The summed E-state index contributed by atoms with van der Waals surface area (Å²) >= 11 is 3.40. The van der Waals surface area contributed by atoms with Gasteiger partial charge in [0.15, 0.2) is 0 Å². The highest BCUT2D eigenvalue weighted by Gasteiger charge is 2.30. The van der Waals surface area contributed by atoms with Crippen molar-refractivity contribution in [1.82, 2.24) is 10.2 Å². The normalized spacial score (nSPS) is 12.3. The molecular formula is C25H34BrN3O4S. The maximum absolute atomic E-state index is 13.6. The first-order valence-electron chi connectivity index (χ1n) is 11.3. The number of hydrogen-bond acceptors (Lipinski definition) is 4.